The van der Waals surface area contributed by atoms with Crippen molar-refractivity contribution in [1.82, 2.24) is 33.3 Å². The topological polar surface area (TPSA) is 149 Å². The summed E-state index contributed by atoms with van der Waals surface area (Å²) in [5, 5.41) is 6.22. The number of carbonyl (C=O) groups excluding carboxylic acids is 1. The number of carbonyl (C=O) groups is 1. The summed E-state index contributed by atoms with van der Waals surface area (Å²) in [5.74, 6) is 1.26. The Hall–Kier alpha value is -4.97. The van der Waals surface area contributed by atoms with Crippen molar-refractivity contribution in [2.75, 3.05) is 16.4 Å². The zero-order valence-electron chi connectivity index (χ0n) is 18.9. The molecule has 3 aromatic heterocycles. The lowest BCUT2D eigenvalue weighted by atomic mass is 10.1. The van der Waals surface area contributed by atoms with E-state index in [1.807, 2.05) is 42.5 Å². The number of para-hydroxylation sites is 2. The molecule has 3 aromatic carbocycles. The lowest BCUT2D eigenvalue weighted by Gasteiger charge is -2.11. The molecule has 0 saturated carbocycles. The number of aromatic nitrogens is 7. The van der Waals surface area contributed by atoms with Gasteiger partial charge in [0, 0.05) is 11.4 Å². The third-order valence-corrected chi connectivity index (χ3v) is 5.99. The fourth-order valence-corrected chi connectivity index (χ4v) is 4.40. The van der Waals surface area contributed by atoms with Crippen molar-refractivity contribution in [1.29, 1.82) is 0 Å². The van der Waals surface area contributed by atoms with Crippen LogP contribution in [-0.2, 0) is 0 Å². The first-order valence-corrected chi connectivity index (χ1v) is 11.6. The molecule has 0 bridgehead atoms. The first-order chi connectivity index (χ1) is 17.5. The van der Waals surface area contributed by atoms with Gasteiger partial charge in [0.2, 0.25) is 17.8 Å². The van der Waals surface area contributed by atoms with Gasteiger partial charge in [-0.1, -0.05) is 18.2 Å². The molecular formula is C24H18N10OS. The number of aryl methyl sites for hydroxylation is 1. The van der Waals surface area contributed by atoms with Crippen molar-refractivity contribution in [3.05, 3.63) is 78.1 Å². The minimum Gasteiger partial charge on any atom is -0.368 e. The van der Waals surface area contributed by atoms with E-state index in [2.05, 4.69) is 34.3 Å². The molecule has 0 aliphatic carbocycles. The minimum atomic E-state index is -0.251. The number of hydrogen-bond donors (Lipinski definition) is 3. The summed E-state index contributed by atoms with van der Waals surface area (Å²) in [4.78, 5) is 30.4. The van der Waals surface area contributed by atoms with Crippen molar-refractivity contribution < 1.29 is 4.79 Å². The third-order valence-electron chi connectivity index (χ3n) is 5.44. The second-order valence-corrected chi connectivity index (χ2v) is 8.42. The van der Waals surface area contributed by atoms with Crippen LogP contribution in [0.15, 0.2) is 66.7 Å². The van der Waals surface area contributed by atoms with E-state index in [4.69, 9.17) is 10.7 Å². The summed E-state index contributed by atoms with van der Waals surface area (Å²) in [6, 6.07) is 20.3. The second-order valence-electron chi connectivity index (χ2n) is 7.89. The van der Waals surface area contributed by atoms with Crippen LogP contribution in [0, 0.1) is 6.92 Å². The van der Waals surface area contributed by atoms with Gasteiger partial charge in [0.15, 0.2) is 0 Å². The molecule has 3 heterocycles. The van der Waals surface area contributed by atoms with Gasteiger partial charge in [-0.25, -0.2) is 9.55 Å². The normalized spacial score (nSPS) is 11.1. The van der Waals surface area contributed by atoms with Crippen LogP contribution in [0.25, 0.3) is 28.0 Å². The predicted molar refractivity (Wildman–Crippen MR) is 139 cm³/mol. The first-order valence-electron chi connectivity index (χ1n) is 10.9. The maximum Gasteiger partial charge on any atom is 0.257 e. The summed E-state index contributed by atoms with van der Waals surface area (Å²) in [7, 11) is 0. The van der Waals surface area contributed by atoms with E-state index in [0.29, 0.717) is 40.0 Å². The number of fused-ring (bicyclic) bond motifs is 2. The number of nitrogens with two attached hydrogens (primary N) is 1. The molecule has 6 aromatic rings. The maximum absolute atomic E-state index is 12.8. The minimum absolute atomic E-state index is 0.130. The zero-order chi connectivity index (χ0) is 24.6. The maximum atomic E-state index is 12.8. The lowest BCUT2D eigenvalue weighted by Crippen LogP contribution is -2.12. The van der Waals surface area contributed by atoms with Crippen LogP contribution in [0.1, 0.15) is 16.2 Å². The third kappa shape index (κ3) is 3.95. The standard InChI is InChI=1S/C24H18N10OS/c1-13-26-22(25)31-23(27-13)34-19-8-3-2-6-17(19)30-24(34)29-15-11-9-14(10-12-15)28-21(35)16-5-4-7-18-20(16)33-36-32-18/h2-12H,1H3,(H,28,35)(H,29,30)(H2,25,26,27,31). The van der Waals surface area contributed by atoms with Crippen molar-refractivity contribution in [2.45, 2.75) is 6.92 Å². The number of benzene rings is 3. The van der Waals surface area contributed by atoms with E-state index in [-0.39, 0.29) is 11.9 Å². The SMILES string of the molecule is Cc1nc(N)nc(-n2c(Nc3ccc(NC(=O)c4cccc5nsnc45)cc3)nc3ccccc32)n1. The fourth-order valence-electron chi connectivity index (χ4n) is 3.85. The number of nitrogens with one attached hydrogen (secondary N) is 2. The number of hydrogen-bond acceptors (Lipinski definition) is 10. The number of rotatable bonds is 5. The number of amides is 1. The summed E-state index contributed by atoms with van der Waals surface area (Å²) < 4.78 is 10.2. The highest BCUT2D eigenvalue weighted by atomic mass is 32.1. The average molecular weight is 495 g/mol. The van der Waals surface area contributed by atoms with Gasteiger partial charge in [-0.2, -0.15) is 23.7 Å². The zero-order valence-corrected chi connectivity index (χ0v) is 19.7. The molecule has 0 saturated heterocycles. The van der Waals surface area contributed by atoms with Gasteiger partial charge in [0.05, 0.1) is 28.3 Å². The predicted octanol–water partition coefficient (Wildman–Crippen LogP) is 4.10. The second kappa shape index (κ2) is 8.67. The van der Waals surface area contributed by atoms with Crippen molar-refractivity contribution in [3.8, 4) is 5.95 Å². The lowest BCUT2D eigenvalue weighted by molar-refractivity contribution is 0.102. The Morgan fingerprint density at radius 2 is 1.64 bits per heavy atom. The highest BCUT2D eigenvalue weighted by Gasteiger charge is 2.17. The van der Waals surface area contributed by atoms with E-state index in [1.54, 1.807) is 35.8 Å². The molecule has 0 atom stereocenters. The Morgan fingerprint density at radius 1 is 0.861 bits per heavy atom. The van der Waals surface area contributed by atoms with Crippen LogP contribution >= 0.6 is 11.7 Å². The molecule has 6 rings (SSSR count). The highest BCUT2D eigenvalue weighted by Crippen LogP contribution is 2.26. The van der Waals surface area contributed by atoms with Crippen LogP contribution in [0.2, 0.25) is 0 Å². The van der Waals surface area contributed by atoms with Gasteiger partial charge >= 0.3 is 0 Å². The molecule has 0 aliphatic rings. The van der Waals surface area contributed by atoms with Gasteiger partial charge in [0.25, 0.3) is 5.91 Å². The van der Waals surface area contributed by atoms with Crippen LogP contribution in [0.3, 0.4) is 0 Å². The van der Waals surface area contributed by atoms with Crippen molar-refractivity contribution >= 4 is 63.0 Å². The van der Waals surface area contributed by atoms with Crippen molar-refractivity contribution in [3.63, 3.8) is 0 Å². The summed E-state index contributed by atoms with van der Waals surface area (Å²) in [6.45, 7) is 1.76. The molecule has 0 radical (unpaired) electrons. The molecule has 0 unspecified atom stereocenters. The van der Waals surface area contributed by atoms with E-state index < -0.39 is 0 Å². The van der Waals surface area contributed by atoms with E-state index >= 15 is 0 Å². The smallest absolute Gasteiger partial charge is 0.257 e. The van der Waals surface area contributed by atoms with Crippen LogP contribution in [0.4, 0.5) is 23.3 Å². The molecule has 0 fully saturated rings. The summed E-state index contributed by atoms with van der Waals surface area (Å²) in [6.07, 6.45) is 0. The average Bonchev–Trinajstić information content (AvgIpc) is 3.49. The van der Waals surface area contributed by atoms with Gasteiger partial charge in [-0.15, -0.1) is 0 Å². The molecule has 0 aliphatic heterocycles. The van der Waals surface area contributed by atoms with Gasteiger partial charge in [-0.05, 0) is 55.5 Å². The number of nitrogens with zero attached hydrogens (tertiary/aromatic N) is 7. The fraction of sp³-hybridized carbons (Fsp3) is 0.0417. The molecule has 36 heavy (non-hydrogen) atoms. The Bertz CT molecular complexity index is 1720. The Morgan fingerprint density at radius 3 is 2.47 bits per heavy atom. The first kappa shape index (κ1) is 21.6. The van der Waals surface area contributed by atoms with Crippen LogP contribution in [-0.4, -0.2) is 39.2 Å². The van der Waals surface area contributed by atoms with Gasteiger partial charge < -0.3 is 16.4 Å². The summed E-state index contributed by atoms with van der Waals surface area (Å²) in [5.41, 5.74) is 10.6. The number of imidazole rings is 1. The molecule has 176 valence electrons. The Kier molecular flexibility index (Phi) is 5.19. The summed E-state index contributed by atoms with van der Waals surface area (Å²) >= 11 is 1.08. The van der Waals surface area contributed by atoms with E-state index in [9.17, 15) is 4.79 Å². The Balaban J connectivity index is 1.28. The molecule has 4 N–H and O–H groups in total. The number of nitrogen functional groups attached to an aromatic ring is 1. The quantitative estimate of drug-likeness (QED) is 0.322. The molecular weight excluding hydrogens is 476 g/mol. The Labute approximate surface area is 208 Å². The monoisotopic (exact) mass is 494 g/mol. The van der Waals surface area contributed by atoms with Crippen molar-refractivity contribution in [2.24, 2.45) is 0 Å². The molecule has 11 nitrogen and oxygen atoms in total. The molecule has 12 heteroatoms. The van der Waals surface area contributed by atoms with Gasteiger partial charge in [-0.3, -0.25) is 4.79 Å². The largest absolute Gasteiger partial charge is 0.368 e. The van der Waals surface area contributed by atoms with Crippen LogP contribution < -0.4 is 16.4 Å². The van der Waals surface area contributed by atoms with Gasteiger partial charge in [0.1, 0.15) is 16.9 Å². The molecule has 1 amide bonds. The molecule has 0 spiro atoms. The van der Waals surface area contributed by atoms with E-state index in [0.717, 1.165) is 28.4 Å². The number of anilines is 4. The van der Waals surface area contributed by atoms with Crippen LogP contribution in [0.5, 0.6) is 0 Å². The van der Waals surface area contributed by atoms with E-state index in [1.165, 1.54) is 0 Å². The highest BCUT2D eigenvalue weighted by molar-refractivity contribution is 7.00.